The van der Waals surface area contributed by atoms with E-state index in [-0.39, 0.29) is 12.2 Å². The SMILES string of the molecule is O=C1C=CC(O)(CC#Cc2cccs2)/C1=C\c1ccccn1. The number of pyridine rings is 1. The van der Waals surface area contributed by atoms with Crippen molar-refractivity contribution in [2.75, 3.05) is 0 Å². The minimum absolute atomic E-state index is 0.172. The number of allylic oxidation sites excluding steroid dienone is 1. The van der Waals surface area contributed by atoms with Crippen molar-refractivity contribution in [3.63, 3.8) is 0 Å². The van der Waals surface area contributed by atoms with E-state index in [0.717, 1.165) is 4.88 Å². The Labute approximate surface area is 132 Å². The van der Waals surface area contributed by atoms with E-state index >= 15 is 0 Å². The molecule has 0 amide bonds. The van der Waals surface area contributed by atoms with Crippen LogP contribution in [0.25, 0.3) is 6.08 Å². The highest BCUT2D eigenvalue weighted by Gasteiger charge is 2.36. The van der Waals surface area contributed by atoms with Gasteiger partial charge in [0.15, 0.2) is 5.78 Å². The topological polar surface area (TPSA) is 50.2 Å². The summed E-state index contributed by atoms with van der Waals surface area (Å²) in [6.45, 7) is 0. The molecule has 2 aromatic heterocycles. The zero-order chi connectivity index (χ0) is 15.4. The number of ketones is 1. The molecule has 0 saturated heterocycles. The molecule has 0 aromatic carbocycles. The van der Waals surface area contributed by atoms with E-state index in [1.165, 1.54) is 12.2 Å². The van der Waals surface area contributed by atoms with Crippen LogP contribution < -0.4 is 0 Å². The van der Waals surface area contributed by atoms with E-state index in [4.69, 9.17) is 0 Å². The van der Waals surface area contributed by atoms with E-state index in [9.17, 15) is 9.90 Å². The number of hydrogen-bond acceptors (Lipinski definition) is 4. The van der Waals surface area contributed by atoms with Gasteiger partial charge >= 0.3 is 0 Å². The molecule has 3 nitrogen and oxygen atoms in total. The van der Waals surface area contributed by atoms with Crippen molar-refractivity contribution < 1.29 is 9.90 Å². The van der Waals surface area contributed by atoms with Crippen LogP contribution in [-0.2, 0) is 4.79 Å². The standard InChI is InChI=1S/C18H13NO2S/c20-17-8-10-18(21,9-3-6-15-7-4-12-22-15)16(17)13-14-5-1-2-11-19-14/h1-2,4-5,7-8,10-13,21H,9H2/b16-13-. The summed E-state index contributed by atoms with van der Waals surface area (Å²) in [7, 11) is 0. The van der Waals surface area contributed by atoms with Crippen LogP contribution in [-0.4, -0.2) is 21.5 Å². The Morgan fingerprint density at radius 2 is 2.23 bits per heavy atom. The predicted molar refractivity (Wildman–Crippen MR) is 87.1 cm³/mol. The third kappa shape index (κ3) is 3.06. The number of aliphatic hydroxyl groups is 1. The van der Waals surface area contributed by atoms with Gasteiger partial charge in [-0.15, -0.1) is 11.3 Å². The van der Waals surface area contributed by atoms with Gasteiger partial charge in [0.05, 0.1) is 10.6 Å². The lowest BCUT2D eigenvalue weighted by molar-refractivity contribution is -0.111. The van der Waals surface area contributed by atoms with Gasteiger partial charge in [0, 0.05) is 18.2 Å². The molecule has 0 fully saturated rings. The molecule has 0 aliphatic heterocycles. The number of aromatic nitrogens is 1. The summed E-state index contributed by atoms with van der Waals surface area (Å²) in [5.41, 5.74) is -0.398. The van der Waals surface area contributed by atoms with E-state index in [1.807, 2.05) is 23.6 Å². The summed E-state index contributed by atoms with van der Waals surface area (Å²) in [6, 6.07) is 9.27. The van der Waals surface area contributed by atoms with Crippen LogP contribution >= 0.6 is 11.3 Å². The summed E-state index contributed by atoms with van der Waals surface area (Å²) in [5, 5.41) is 12.7. The van der Waals surface area contributed by atoms with Gasteiger partial charge in [0.25, 0.3) is 0 Å². The predicted octanol–water partition coefficient (Wildman–Crippen LogP) is 2.84. The molecule has 1 aliphatic rings. The van der Waals surface area contributed by atoms with Crippen LogP contribution in [0.1, 0.15) is 17.0 Å². The van der Waals surface area contributed by atoms with Gasteiger partial charge in [-0.1, -0.05) is 24.0 Å². The first-order valence-corrected chi connectivity index (χ1v) is 7.67. The maximum absolute atomic E-state index is 12.0. The lowest BCUT2D eigenvalue weighted by atomic mass is 9.92. The van der Waals surface area contributed by atoms with Crippen molar-refractivity contribution in [3.05, 3.63) is 70.2 Å². The van der Waals surface area contributed by atoms with Gasteiger partial charge in [-0.25, -0.2) is 0 Å². The number of thiophene rings is 1. The molecule has 1 unspecified atom stereocenters. The van der Waals surface area contributed by atoms with Gasteiger partial charge in [-0.3, -0.25) is 9.78 Å². The van der Waals surface area contributed by atoms with Gasteiger partial charge in [0.2, 0.25) is 0 Å². The minimum atomic E-state index is -1.35. The monoisotopic (exact) mass is 307 g/mol. The summed E-state index contributed by atoms with van der Waals surface area (Å²) in [5.74, 6) is 5.75. The average molecular weight is 307 g/mol. The smallest absolute Gasteiger partial charge is 0.184 e. The minimum Gasteiger partial charge on any atom is -0.380 e. The highest BCUT2D eigenvalue weighted by Crippen LogP contribution is 2.30. The summed E-state index contributed by atoms with van der Waals surface area (Å²) < 4.78 is 0. The molecule has 2 heterocycles. The highest BCUT2D eigenvalue weighted by molar-refractivity contribution is 7.10. The lowest BCUT2D eigenvalue weighted by Gasteiger charge is -2.19. The van der Waals surface area contributed by atoms with E-state index in [2.05, 4.69) is 16.8 Å². The summed E-state index contributed by atoms with van der Waals surface area (Å²) in [4.78, 5) is 17.1. The Kier molecular flexibility index (Phi) is 4.01. The fourth-order valence-corrected chi connectivity index (χ4v) is 2.77. The first-order chi connectivity index (χ1) is 10.7. The third-order valence-corrected chi connectivity index (χ3v) is 4.10. The van der Waals surface area contributed by atoms with Gasteiger partial charge in [-0.2, -0.15) is 0 Å². The van der Waals surface area contributed by atoms with Crippen molar-refractivity contribution in [2.24, 2.45) is 0 Å². The van der Waals surface area contributed by atoms with Crippen molar-refractivity contribution in [1.29, 1.82) is 0 Å². The van der Waals surface area contributed by atoms with Gasteiger partial charge in [0.1, 0.15) is 5.60 Å². The second-order valence-electron chi connectivity index (χ2n) is 4.89. The van der Waals surface area contributed by atoms with E-state index < -0.39 is 5.60 Å². The van der Waals surface area contributed by atoms with Crippen LogP contribution in [0.2, 0.25) is 0 Å². The Hall–Kier alpha value is -2.48. The van der Waals surface area contributed by atoms with Crippen molar-refractivity contribution in [2.45, 2.75) is 12.0 Å². The Balaban J connectivity index is 1.86. The summed E-state index contributed by atoms with van der Waals surface area (Å²) in [6.07, 6.45) is 6.34. The maximum Gasteiger partial charge on any atom is 0.184 e. The molecule has 1 aliphatic carbocycles. The quantitative estimate of drug-likeness (QED) is 0.685. The van der Waals surface area contributed by atoms with Gasteiger partial charge in [-0.05, 0) is 41.8 Å². The number of carbonyl (C=O) groups excluding carboxylic acids is 1. The molecule has 0 radical (unpaired) electrons. The molecular formula is C18H13NO2S. The molecule has 0 spiro atoms. The molecule has 2 aromatic rings. The van der Waals surface area contributed by atoms with Gasteiger partial charge < -0.3 is 5.11 Å². The average Bonchev–Trinajstić information content (AvgIpc) is 3.13. The van der Waals surface area contributed by atoms with Crippen LogP contribution in [0.5, 0.6) is 0 Å². The second kappa shape index (κ2) is 6.10. The molecule has 4 heteroatoms. The first kappa shape index (κ1) is 14.5. The number of nitrogens with zero attached hydrogens (tertiary/aromatic N) is 1. The van der Waals surface area contributed by atoms with Crippen LogP contribution in [0, 0.1) is 11.8 Å². The zero-order valence-electron chi connectivity index (χ0n) is 11.7. The maximum atomic E-state index is 12.0. The van der Waals surface area contributed by atoms with E-state index in [0.29, 0.717) is 11.3 Å². The molecular weight excluding hydrogens is 294 g/mol. The van der Waals surface area contributed by atoms with Crippen LogP contribution in [0.3, 0.4) is 0 Å². The normalized spacial score (nSPS) is 21.9. The largest absolute Gasteiger partial charge is 0.380 e. The fourth-order valence-electron chi connectivity index (χ4n) is 2.18. The van der Waals surface area contributed by atoms with Crippen LogP contribution in [0.15, 0.2) is 59.6 Å². The Morgan fingerprint density at radius 1 is 1.32 bits per heavy atom. The Bertz CT molecular complexity index is 795. The number of rotatable bonds is 2. The van der Waals surface area contributed by atoms with E-state index in [1.54, 1.807) is 35.7 Å². The molecule has 22 heavy (non-hydrogen) atoms. The molecule has 1 N–H and O–H groups in total. The molecule has 0 saturated carbocycles. The molecule has 108 valence electrons. The van der Waals surface area contributed by atoms with Crippen molar-refractivity contribution >= 4 is 23.2 Å². The lowest BCUT2D eigenvalue weighted by Crippen LogP contribution is -2.27. The molecule has 0 bridgehead atoms. The summed E-state index contributed by atoms with van der Waals surface area (Å²) >= 11 is 1.54. The first-order valence-electron chi connectivity index (χ1n) is 6.79. The fraction of sp³-hybridized carbons (Fsp3) is 0.111. The van der Waals surface area contributed by atoms with Crippen LogP contribution in [0.4, 0.5) is 0 Å². The van der Waals surface area contributed by atoms with Crippen molar-refractivity contribution in [3.8, 4) is 11.8 Å². The second-order valence-corrected chi connectivity index (χ2v) is 5.84. The number of carbonyl (C=O) groups is 1. The molecule has 3 rings (SSSR count). The number of hydrogen-bond donors (Lipinski definition) is 1. The van der Waals surface area contributed by atoms with Crippen molar-refractivity contribution in [1.82, 2.24) is 4.98 Å². The third-order valence-electron chi connectivity index (χ3n) is 3.31. The highest BCUT2D eigenvalue weighted by atomic mass is 32.1. The Morgan fingerprint density at radius 3 is 2.95 bits per heavy atom. The molecule has 1 atom stereocenters. The zero-order valence-corrected chi connectivity index (χ0v) is 12.5.